The van der Waals surface area contributed by atoms with Gasteiger partial charge in [0.05, 0.1) is 0 Å². The zero-order valence-corrected chi connectivity index (χ0v) is 14.8. The number of rotatable bonds is 4. The highest BCUT2D eigenvalue weighted by molar-refractivity contribution is 6.14. The minimum absolute atomic E-state index is 0.644. The van der Waals surface area contributed by atoms with E-state index in [0.717, 1.165) is 16.7 Å². The highest BCUT2D eigenvalue weighted by Gasteiger charge is 2.06. The Kier molecular flexibility index (Phi) is 6.21. The molecule has 3 rings (SSSR count). The van der Waals surface area contributed by atoms with Gasteiger partial charge in [0.2, 0.25) is 0 Å². The minimum atomic E-state index is 0.644. The maximum atomic E-state index is 4.79. The first-order valence-electron chi connectivity index (χ1n) is 8.70. The van der Waals surface area contributed by atoms with Gasteiger partial charge in [-0.1, -0.05) is 91.0 Å². The molecule has 0 radical (unpaired) electrons. The Morgan fingerprint density at radius 2 is 1.19 bits per heavy atom. The van der Waals surface area contributed by atoms with E-state index in [9.17, 15) is 0 Å². The normalized spacial score (nSPS) is 12.5. The van der Waals surface area contributed by atoms with Gasteiger partial charge in [-0.25, -0.2) is 9.98 Å². The first kappa shape index (κ1) is 17.5. The van der Waals surface area contributed by atoms with Crippen LogP contribution < -0.4 is 0 Å². The van der Waals surface area contributed by atoms with Crippen LogP contribution in [0.15, 0.2) is 106 Å². The van der Waals surface area contributed by atoms with Crippen molar-refractivity contribution >= 4 is 17.9 Å². The molecule has 0 fully saturated rings. The van der Waals surface area contributed by atoms with E-state index >= 15 is 0 Å². The van der Waals surface area contributed by atoms with Crippen LogP contribution in [-0.2, 0) is 0 Å². The van der Waals surface area contributed by atoms with Crippen LogP contribution in [0.25, 0.3) is 0 Å². The molecular weight excluding hydrogens is 318 g/mol. The summed E-state index contributed by atoms with van der Waals surface area (Å²) in [7, 11) is 0. The van der Waals surface area contributed by atoms with Crippen molar-refractivity contribution in [2.45, 2.75) is 6.92 Å². The average Bonchev–Trinajstić information content (AvgIpc) is 2.72. The van der Waals surface area contributed by atoms with Crippen molar-refractivity contribution in [1.82, 2.24) is 0 Å². The third-order valence-corrected chi connectivity index (χ3v) is 3.72. The van der Waals surface area contributed by atoms with Crippen molar-refractivity contribution in [2.24, 2.45) is 15.0 Å². The molecule has 0 aliphatic heterocycles. The molecule has 0 amide bonds. The highest BCUT2D eigenvalue weighted by Crippen LogP contribution is 2.09. The summed E-state index contributed by atoms with van der Waals surface area (Å²) in [6.07, 6.45) is 1.83. The van der Waals surface area contributed by atoms with E-state index in [1.165, 1.54) is 0 Å². The molecule has 3 aromatic rings. The van der Waals surface area contributed by atoms with Gasteiger partial charge in [0.15, 0.2) is 11.7 Å². The number of nitrogens with zero attached hydrogens (tertiary/aromatic N) is 3. The summed E-state index contributed by atoms with van der Waals surface area (Å²) >= 11 is 0. The van der Waals surface area contributed by atoms with E-state index in [4.69, 9.17) is 4.99 Å². The van der Waals surface area contributed by atoms with E-state index in [-0.39, 0.29) is 0 Å². The van der Waals surface area contributed by atoms with Crippen LogP contribution in [0.5, 0.6) is 0 Å². The number of amidine groups is 2. The molecule has 0 aliphatic rings. The SMILES string of the molecule is CC\N=C(/N=C(\N=C\c1ccccc1)c1ccccc1)c1ccccc1. The van der Waals surface area contributed by atoms with Gasteiger partial charge in [-0.2, -0.15) is 0 Å². The number of hydrogen-bond donors (Lipinski definition) is 0. The van der Waals surface area contributed by atoms with Crippen molar-refractivity contribution in [2.75, 3.05) is 6.54 Å². The summed E-state index contributed by atoms with van der Waals surface area (Å²) in [5.74, 6) is 1.34. The lowest BCUT2D eigenvalue weighted by Gasteiger charge is -2.05. The summed E-state index contributed by atoms with van der Waals surface area (Å²) in [6, 6.07) is 30.0. The molecule has 0 heterocycles. The predicted octanol–water partition coefficient (Wildman–Crippen LogP) is 5.02. The van der Waals surface area contributed by atoms with Gasteiger partial charge in [0, 0.05) is 23.9 Å². The molecule has 0 aromatic heterocycles. The zero-order valence-electron chi connectivity index (χ0n) is 14.8. The second kappa shape index (κ2) is 9.23. The molecule has 0 aliphatic carbocycles. The van der Waals surface area contributed by atoms with Gasteiger partial charge in [-0.05, 0) is 12.5 Å². The monoisotopic (exact) mass is 339 g/mol. The number of aliphatic imine (C=N–C) groups is 3. The van der Waals surface area contributed by atoms with E-state index in [0.29, 0.717) is 18.2 Å². The third-order valence-electron chi connectivity index (χ3n) is 3.72. The van der Waals surface area contributed by atoms with Crippen LogP contribution in [0.3, 0.4) is 0 Å². The lowest BCUT2D eigenvalue weighted by atomic mass is 10.2. The van der Waals surface area contributed by atoms with Gasteiger partial charge in [0.1, 0.15) is 0 Å². The Hall–Kier alpha value is -3.33. The maximum Gasteiger partial charge on any atom is 0.161 e. The number of hydrogen-bond acceptors (Lipinski definition) is 1. The fourth-order valence-electron chi connectivity index (χ4n) is 2.46. The highest BCUT2D eigenvalue weighted by atomic mass is 15.0. The number of benzene rings is 3. The van der Waals surface area contributed by atoms with Crippen LogP contribution in [0.4, 0.5) is 0 Å². The average molecular weight is 339 g/mol. The van der Waals surface area contributed by atoms with Gasteiger partial charge >= 0.3 is 0 Å². The second-order valence-corrected chi connectivity index (χ2v) is 5.63. The molecule has 3 aromatic carbocycles. The Morgan fingerprint density at radius 3 is 1.73 bits per heavy atom. The van der Waals surface area contributed by atoms with E-state index < -0.39 is 0 Å². The Morgan fingerprint density at radius 1 is 0.692 bits per heavy atom. The fourth-order valence-corrected chi connectivity index (χ4v) is 2.46. The molecule has 0 spiro atoms. The van der Waals surface area contributed by atoms with Crippen molar-refractivity contribution in [1.29, 1.82) is 0 Å². The van der Waals surface area contributed by atoms with Crippen molar-refractivity contribution in [3.8, 4) is 0 Å². The van der Waals surface area contributed by atoms with Crippen molar-refractivity contribution in [3.05, 3.63) is 108 Å². The van der Waals surface area contributed by atoms with Gasteiger partial charge in [-0.15, -0.1) is 0 Å². The Bertz CT molecular complexity index is 896. The second-order valence-electron chi connectivity index (χ2n) is 5.63. The lowest BCUT2D eigenvalue weighted by Crippen LogP contribution is -2.06. The zero-order chi connectivity index (χ0) is 18.0. The van der Waals surface area contributed by atoms with Crippen LogP contribution in [0, 0.1) is 0 Å². The molecule has 0 saturated heterocycles. The Labute approximate surface area is 154 Å². The van der Waals surface area contributed by atoms with E-state index in [2.05, 4.69) is 9.98 Å². The minimum Gasteiger partial charge on any atom is -0.266 e. The third kappa shape index (κ3) is 4.84. The van der Waals surface area contributed by atoms with Gasteiger partial charge < -0.3 is 0 Å². The molecular formula is C23H21N3. The van der Waals surface area contributed by atoms with Crippen LogP contribution in [0.2, 0.25) is 0 Å². The molecule has 128 valence electrons. The molecule has 0 unspecified atom stereocenters. The van der Waals surface area contributed by atoms with Crippen LogP contribution in [-0.4, -0.2) is 24.4 Å². The largest absolute Gasteiger partial charge is 0.266 e. The molecule has 0 N–H and O–H groups in total. The topological polar surface area (TPSA) is 37.1 Å². The van der Waals surface area contributed by atoms with E-state index in [1.807, 2.05) is 104 Å². The summed E-state index contributed by atoms with van der Waals surface area (Å²) in [4.78, 5) is 14.0. The maximum absolute atomic E-state index is 4.79. The van der Waals surface area contributed by atoms with Crippen molar-refractivity contribution < 1.29 is 0 Å². The molecule has 0 atom stereocenters. The summed E-state index contributed by atoms with van der Waals surface area (Å²) < 4.78 is 0. The molecule has 0 saturated carbocycles. The lowest BCUT2D eigenvalue weighted by molar-refractivity contribution is 1.12. The van der Waals surface area contributed by atoms with Crippen LogP contribution in [0.1, 0.15) is 23.6 Å². The van der Waals surface area contributed by atoms with E-state index in [1.54, 1.807) is 0 Å². The molecule has 0 bridgehead atoms. The van der Waals surface area contributed by atoms with Crippen LogP contribution >= 0.6 is 0 Å². The van der Waals surface area contributed by atoms with Gasteiger partial charge in [0.25, 0.3) is 0 Å². The Balaban J connectivity index is 2.03. The van der Waals surface area contributed by atoms with Gasteiger partial charge in [-0.3, -0.25) is 4.99 Å². The summed E-state index contributed by atoms with van der Waals surface area (Å²) in [5.41, 5.74) is 2.97. The smallest absolute Gasteiger partial charge is 0.161 e. The standard InChI is InChI=1S/C23H21N3/c1-2-24-22(20-14-8-4-9-15-20)26-23(21-16-10-5-11-17-21)25-18-19-12-6-3-7-13-19/h3-18H,2H2,1H3/b24-22-,25-18+,26-23-. The fraction of sp³-hybridized carbons (Fsp3) is 0.0870. The van der Waals surface area contributed by atoms with Crippen molar-refractivity contribution in [3.63, 3.8) is 0 Å². The summed E-state index contributed by atoms with van der Waals surface area (Å²) in [6.45, 7) is 2.67. The first-order valence-corrected chi connectivity index (χ1v) is 8.70. The predicted molar refractivity (Wildman–Crippen MR) is 111 cm³/mol. The molecule has 3 heteroatoms. The molecule has 26 heavy (non-hydrogen) atoms. The molecule has 3 nitrogen and oxygen atoms in total. The first-order chi connectivity index (χ1) is 12.9. The quantitative estimate of drug-likeness (QED) is 0.473. The summed E-state index contributed by atoms with van der Waals surface area (Å²) in [5, 5.41) is 0.